The number of ether oxygens (including phenoxy) is 1. The highest BCUT2D eigenvalue weighted by molar-refractivity contribution is 14.1. The average molecular weight is 831 g/mol. The van der Waals surface area contributed by atoms with Gasteiger partial charge in [-0.2, -0.15) is 0 Å². The SMILES string of the molecule is CCCCCCCCC[C@H](C[C@H](CCI)N1C=C(C(=O)OCCCCN=[N+]=[N-])[C@@H](C)N(S(=O)(=O)C[C@]23CC[C@H](CC2=O)C3(C)C)C1=O)N=[N+]=[N-]. The lowest BCUT2D eigenvalue weighted by molar-refractivity contribution is -0.139. The van der Waals surface area contributed by atoms with Gasteiger partial charge in [-0.25, -0.2) is 22.3 Å². The molecule has 0 spiro atoms. The van der Waals surface area contributed by atoms with Crippen molar-refractivity contribution >= 4 is 50.4 Å². The number of fused-ring (bicyclic) bond motifs is 2. The maximum Gasteiger partial charge on any atom is 0.338 e. The average Bonchev–Trinajstić information content (AvgIpc) is 3.40. The summed E-state index contributed by atoms with van der Waals surface area (Å²) in [6.07, 6.45) is 13.0. The number of carbonyl (C=O) groups is 3. The van der Waals surface area contributed by atoms with Gasteiger partial charge in [-0.3, -0.25) is 9.69 Å². The lowest BCUT2D eigenvalue weighted by Crippen LogP contribution is -2.59. The number of azide groups is 2. The maximum atomic E-state index is 14.5. The highest BCUT2D eigenvalue weighted by Crippen LogP contribution is 2.64. The fourth-order valence-corrected chi connectivity index (χ4v) is 11.2. The summed E-state index contributed by atoms with van der Waals surface area (Å²) in [7, 11) is -4.42. The molecule has 2 bridgehead atoms. The summed E-state index contributed by atoms with van der Waals surface area (Å²) >= 11 is 2.20. The molecule has 280 valence electrons. The van der Waals surface area contributed by atoms with Crippen molar-refractivity contribution in [1.29, 1.82) is 0 Å². The Morgan fingerprint density at radius 2 is 1.78 bits per heavy atom. The van der Waals surface area contributed by atoms with E-state index in [2.05, 4.69) is 49.6 Å². The van der Waals surface area contributed by atoms with Crippen LogP contribution in [0.3, 0.4) is 0 Å². The largest absolute Gasteiger partial charge is 0.462 e. The number of nitrogens with zero attached hydrogens (tertiary/aromatic N) is 8. The molecule has 0 aromatic carbocycles. The first-order chi connectivity index (χ1) is 23.8. The number of urea groups is 1. The third kappa shape index (κ3) is 9.86. The quantitative estimate of drug-likeness (QED) is 0.0187. The van der Waals surface area contributed by atoms with Crippen LogP contribution in [0.4, 0.5) is 4.79 Å². The van der Waals surface area contributed by atoms with Crippen LogP contribution in [0.25, 0.3) is 20.9 Å². The molecule has 0 radical (unpaired) electrons. The van der Waals surface area contributed by atoms with Crippen LogP contribution in [-0.2, 0) is 24.3 Å². The van der Waals surface area contributed by atoms with Crippen LogP contribution in [0.2, 0.25) is 0 Å². The lowest BCUT2D eigenvalue weighted by atomic mass is 9.70. The van der Waals surface area contributed by atoms with Gasteiger partial charge in [0.15, 0.2) is 0 Å². The van der Waals surface area contributed by atoms with Crippen LogP contribution >= 0.6 is 22.6 Å². The van der Waals surface area contributed by atoms with Crippen LogP contribution in [-0.4, -0.2) is 76.9 Å². The van der Waals surface area contributed by atoms with E-state index in [0.717, 1.165) is 36.4 Å². The molecule has 2 saturated carbocycles. The smallest absolute Gasteiger partial charge is 0.338 e. The van der Waals surface area contributed by atoms with E-state index < -0.39 is 56.7 Å². The summed E-state index contributed by atoms with van der Waals surface area (Å²) in [6, 6.07) is -2.95. The van der Waals surface area contributed by atoms with Crippen molar-refractivity contribution in [2.75, 3.05) is 23.3 Å². The first-order valence-corrected chi connectivity index (χ1v) is 21.3. The highest BCUT2D eigenvalue weighted by atomic mass is 127. The third-order valence-electron chi connectivity index (χ3n) is 11.3. The number of esters is 1. The fraction of sp³-hybridized carbons (Fsp3) is 0.853. The molecule has 2 fully saturated rings. The number of hydrogen-bond donors (Lipinski definition) is 0. The normalized spacial score (nSPS) is 24.0. The molecule has 0 aromatic heterocycles. The van der Waals surface area contributed by atoms with E-state index in [1.54, 1.807) is 0 Å². The molecule has 5 atom stereocenters. The summed E-state index contributed by atoms with van der Waals surface area (Å²) in [6.45, 7) is 7.84. The Bertz CT molecular complexity index is 1440. The van der Waals surface area contributed by atoms with Crippen LogP contribution in [0.15, 0.2) is 22.0 Å². The van der Waals surface area contributed by atoms with Gasteiger partial charge in [0.25, 0.3) is 0 Å². The minimum absolute atomic E-state index is 0.00731. The fourth-order valence-electron chi connectivity index (χ4n) is 8.07. The van der Waals surface area contributed by atoms with Crippen LogP contribution < -0.4 is 0 Å². The Kier molecular flexibility index (Phi) is 16.2. The van der Waals surface area contributed by atoms with Crippen molar-refractivity contribution in [2.24, 2.45) is 27.0 Å². The Morgan fingerprint density at radius 3 is 2.38 bits per heavy atom. The molecule has 14 nitrogen and oxygen atoms in total. The van der Waals surface area contributed by atoms with Crippen LogP contribution in [0, 0.1) is 16.7 Å². The molecule has 2 amide bonds. The number of unbranched alkanes of at least 4 members (excludes halogenated alkanes) is 7. The minimum atomic E-state index is -4.42. The molecule has 0 N–H and O–H groups in total. The number of sulfonamides is 1. The van der Waals surface area contributed by atoms with Crippen molar-refractivity contribution in [2.45, 2.75) is 142 Å². The summed E-state index contributed by atoms with van der Waals surface area (Å²) in [5.74, 6) is -1.26. The number of halogens is 1. The van der Waals surface area contributed by atoms with Crippen molar-refractivity contribution in [3.63, 3.8) is 0 Å². The molecular weight excluding hydrogens is 775 g/mol. The Balaban J connectivity index is 1.92. The maximum absolute atomic E-state index is 14.5. The van der Waals surface area contributed by atoms with Gasteiger partial charge < -0.3 is 4.74 Å². The predicted molar refractivity (Wildman–Crippen MR) is 201 cm³/mol. The molecule has 3 rings (SSSR count). The monoisotopic (exact) mass is 830 g/mol. The molecule has 3 aliphatic rings. The topological polar surface area (TPSA) is 199 Å². The lowest BCUT2D eigenvalue weighted by Gasteiger charge is -2.43. The number of amides is 2. The van der Waals surface area contributed by atoms with E-state index >= 15 is 0 Å². The van der Waals surface area contributed by atoms with E-state index in [4.69, 9.17) is 10.3 Å². The first kappa shape index (κ1) is 41.9. The third-order valence-corrected chi connectivity index (χ3v) is 13.8. The van der Waals surface area contributed by atoms with Gasteiger partial charge in [0.1, 0.15) is 5.78 Å². The molecule has 1 aliphatic heterocycles. The van der Waals surface area contributed by atoms with Crippen molar-refractivity contribution in [3.8, 4) is 0 Å². The minimum Gasteiger partial charge on any atom is -0.462 e. The van der Waals surface area contributed by atoms with Crippen LogP contribution in [0.1, 0.15) is 124 Å². The molecule has 2 aliphatic carbocycles. The zero-order valence-corrected chi connectivity index (χ0v) is 33.1. The van der Waals surface area contributed by atoms with Gasteiger partial charge in [0.05, 0.1) is 29.4 Å². The van der Waals surface area contributed by atoms with Gasteiger partial charge in [-0.1, -0.05) is 98.5 Å². The standard InChI is InChI=1S/C34H55IN8O6S/c1-5-6-7-8-9-10-11-14-27(39-41-37)22-28(16-18-35)42-23-29(31(45)49-20-13-12-19-38-40-36)25(2)43(32(42)46)50(47,48)24-34-17-15-26(21-30(34)44)33(34,3)4/h23,25-28H,5-22,24H2,1-4H3/t25-,26-,27-,28+,34-/m1/s1. The van der Waals surface area contributed by atoms with E-state index in [0.29, 0.717) is 49.4 Å². The number of rotatable bonds is 23. The molecule has 16 heteroatoms. The van der Waals surface area contributed by atoms with E-state index in [-0.39, 0.29) is 30.4 Å². The Morgan fingerprint density at radius 1 is 1.08 bits per heavy atom. The van der Waals surface area contributed by atoms with E-state index in [1.165, 1.54) is 37.3 Å². The summed E-state index contributed by atoms with van der Waals surface area (Å²) in [4.78, 5) is 48.5. The van der Waals surface area contributed by atoms with Gasteiger partial charge in [-0.15, -0.1) is 0 Å². The predicted octanol–water partition coefficient (Wildman–Crippen LogP) is 8.76. The van der Waals surface area contributed by atoms with Gasteiger partial charge in [0.2, 0.25) is 10.0 Å². The summed E-state index contributed by atoms with van der Waals surface area (Å²) in [5.41, 5.74) is 16.3. The first-order valence-electron chi connectivity index (χ1n) is 18.2. The van der Waals surface area contributed by atoms with Crippen LogP contribution in [0.5, 0.6) is 0 Å². The van der Waals surface area contributed by atoms with Gasteiger partial charge >= 0.3 is 12.0 Å². The molecule has 0 saturated heterocycles. The zero-order valence-electron chi connectivity index (χ0n) is 30.1. The molecular formula is C34H55IN8O6S. The molecule has 1 heterocycles. The number of ketones is 1. The van der Waals surface area contributed by atoms with Crippen molar-refractivity contribution < 1.29 is 27.5 Å². The molecule has 0 aromatic rings. The second-order valence-electron chi connectivity index (χ2n) is 14.6. The van der Waals surface area contributed by atoms with Crippen molar-refractivity contribution in [1.82, 2.24) is 9.21 Å². The second kappa shape index (κ2) is 19.3. The highest BCUT2D eigenvalue weighted by Gasteiger charge is 2.66. The van der Waals surface area contributed by atoms with E-state index in [9.17, 15) is 28.3 Å². The van der Waals surface area contributed by atoms with Crippen molar-refractivity contribution in [3.05, 3.63) is 32.7 Å². The summed E-state index contributed by atoms with van der Waals surface area (Å²) in [5, 5.41) is 7.55. The molecule has 0 unspecified atom stereocenters. The van der Waals surface area contributed by atoms with Gasteiger partial charge in [0, 0.05) is 45.5 Å². The summed E-state index contributed by atoms with van der Waals surface area (Å²) < 4.78 is 35.9. The van der Waals surface area contributed by atoms with Gasteiger partial charge in [-0.05, 0) is 74.3 Å². The number of alkyl halides is 1. The second-order valence-corrected chi connectivity index (χ2v) is 17.5. The van der Waals surface area contributed by atoms with E-state index in [1.807, 2.05) is 13.8 Å². The zero-order chi connectivity index (χ0) is 37.0. The Labute approximate surface area is 310 Å². The molecule has 50 heavy (non-hydrogen) atoms. The Hall–Kier alpha value is -2.55. The number of hydrogen-bond acceptors (Lipinski definition) is 8. The number of Topliss-reactive ketones (excluding diaryl/α,β-unsaturated/α-hetero) is 1. The number of carbonyl (C=O) groups excluding carboxylic acids is 3.